The van der Waals surface area contributed by atoms with Crippen molar-refractivity contribution in [3.63, 3.8) is 0 Å². The lowest BCUT2D eigenvalue weighted by Crippen LogP contribution is -3.05. The lowest BCUT2D eigenvalue weighted by molar-refractivity contribution is -0.858. The molecule has 0 saturated carbocycles. The molecule has 1 saturated heterocycles. The molecule has 2 aromatic carbocycles. The highest BCUT2D eigenvalue weighted by atomic mass is 35.5. The maximum atomic E-state index is 13.4. The second-order valence-electron chi connectivity index (χ2n) is 7.90. The van der Waals surface area contributed by atoms with Crippen LogP contribution >= 0.6 is 11.6 Å². The minimum atomic E-state index is -0.875. The number of benzene rings is 2. The Kier molecular flexibility index (Phi) is 7.43. The third-order valence-electron chi connectivity index (χ3n) is 5.44. The number of carbonyl (C=O) groups excluding carboxylic acids is 2. The average molecular weight is 459 g/mol. The van der Waals surface area contributed by atoms with E-state index in [0.717, 1.165) is 6.54 Å². The first-order valence-electron chi connectivity index (χ1n) is 10.3. The number of likely N-dealkylation sites (tertiary alicyclic amines) is 1. The van der Waals surface area contributed by atoms with E-state index in [0.29, 0.717) is 35.1 Å². The van der Waals surface area contributed by atoms with Gasteiger partial charge in [-0.1, -0.05) is 29.5 Å². The van der Waals surface area contributed by atoms with E-state index in [2.05, 4.69) is 0 Å². The van der Waals surface area contributed by atoms with E-state index < -0.39 is 23.5 Å². The van der Waals surface area contributed by atoms with Crippen LogP contribution < -0.4 is 19.5 Å². The van der Waals surface area contributed by atoms with E-state index in [1.807, 2.05) is 14.1 Å². The number of carbonyl (C=O) groups is 2. The summed E-state index contributed by atoms with van der Waals surface area (Å²) in [4.78, 5) is 28.8. The summed E-state index contributed by atoms with van der Waals surface area (Å²) >= 11 is 5.95. The predicted molar refractivity (Wildman–Crippen MR) is 120 cm³/mol. The number of methoxy groups -OCH3 is 2. The molecule has 170 valence electrons. The van der Waals surface area contributed by atoms with Crippen molar-refractivity contribution in [2.75, 3.05) is 41.4 Å². The van der Waals surface area contributed by atoms with Gasteiger partial charge in [0, 0.05) is 29.1 Å². The first-order valence-corrected chi connectivity index (χ1v) is 10.7. The van der Waals surface area contributed by atoms with Gasteiger partial charge in [-0.15, -0.1) is 0 Å². The maximum absolute atomic E-state index is 13.4. The molecule has 3 rings (SSSR count). The molecule has 0 spiro atoms. The van der Waals surface area contributed by atoms with Gasteiger partial charge in [-0.2, -0.15) is 0 Å². The number of nitrogens with one attached hydrogen (secondary N) is 1. The lowest BCUT2D eigenvalue weighted by atomic mass is 9.94. The van der Waals surface area contributed by atoms with Crippen molar-refractivity contribution in [1.29, 1.82) is 0 Å². The summed E-state index contributed by atoms with van der Waals surface area (Å²) in [5, 5.41) is 13.9. The van der Waals surface area contributed by atoms with Crippen molar-refractivity contribution in [2.45, 2.75) is 12.5 Å². The number of ether oxygens (including phenoxy) is 2. The Balaban J connectivity index is 2.18. The van der Waals surface area contributed by atoms with Crippen LogP contribution in [-0.4, -0.2) is 58.0 Å². The SMILES string of the molecule is COc1ccc(OC)c(C2C(=C([O-])c3ccc(Cl)cc3)C(=O)C(=O)N2CCC[NH+](C)C)c1. The minimum absolute atomic E-state index is 0.0962. The van der Waals surface area contributed by atoms with Gasteiger partial charge >= 0.3 is 0 Å². The molecule has 1 aliphatic rings. The highest BCUT2D eigenvalue weighted by Crippen LogP contribution is 2.43. The zero-order valence-electron chi connectivity index (χ0n) is 18.6. The summed E-state index contributed by atoms with van der Waals surface area (Å²) in [5.74, 6) is -0.995. The van der Waals surface area contributed by atoms with Gasteiger partial charge < -0.3 is 24.4 Å². The second kappa shape index (κ2) is 10.1. The summed E-state index contributed by atoms with van der Waals surface area (Å²) in [7, 11) is 7.06. The fourth-order valence-corrected chi connectivity index (χ4v) is 3.96. The van der Waals surface area contributed by atoms with Gasteiger partial charge in [0.05, 0.1) is 40.9 Å². The number of rotatable bonds is 8. The molecule has 0 aromatic heterocycles. The average Bonchev–Trinajstić information content (AvgIpc) is 3.03. The third-order valence-corrected chi connectivity index (χ3v) is 5.70. The number of Topliss-reactive ketones (excluding diaryl/α,β-unsaturated/α-hetero) is 1. The zero-order chi connectivity index (χ0) is 23.4. The summed E-state index contributed by atoms with van der Waals surface area (Å²) < 4.78 is 10.9. The van der Waals surface area contributed by atoms with E-state index in [-0.39, 0.29) is 11.1 Å². The number of nitrogens with zero attached hydrogens (tertiary/aromatic N) is 1. The van der Waals surface area contributed by atoms with Gasteiger partial charge in [0.2, 0.25) is 5.78 Å². The first-order chi connectivity index (χ1) is 15.3. The molecule has 1 N–H and O–H groups in total. The largest absolute Gasteiger partial charge is 0.872 e. The fraction of sp³-hybridized carbons (Fsp3) is 0.333. The Bertz CT molecular complexity index is 1030. The monoisotopic (exact) mass is 458 g/mol. The molecule has 0 bridgehead atoms. The Hall–Kier alpha value is -3.03. The molecule has 8 heteroatoms. The molecule has 1 fully saturated rings. The Morgan fingerprint density at radius 3 is 2.38 bits per heavy atom. The van der Waals surface area contributed by atoms with E-state index in [1.54, 1.807) is 42.5 Å². The Morgan fingerprint density at radius 1 is 1.09 bits per heavy atom. The molecule has 32 heavy (non-hydrogen) atoms. The highest BCUT2D eigenvalue weighted by Gasteiger charge is 2.45. The van der Waals surface area contributed by atoms with Crippen LogP contribution in [-0.2, 0) is 9.59 Å². The van der Waals surface area contributed by atoms with Crippen LogP contribution in [0.2, 0.25) is 5.02 Å². The molecule has 0 aliphatic carbocycles. The third kappa shape index (κ3) is 4.74. The summed E-state index contributed by atoms with van der Waals surface area (Å²) in [6, 6.07) is 10.5. The van der Waals surface area contributed by atoms with Gasteiger partial charge in [0.25, 0.3) is 5.91 Å². The quantitative estimate of drug-likeness (QED) is 0.364. The van der Waals surface area contributed by atoms with E-state index >= 15 is 0 Å². The van der Waals surface area contributed by atoms with Crippen molar-refractivity contribution in [2.24, 2.45) is 0 Å². The molecule has 1 amide bonds. The number of amides is 1. The number of ketones is 1. The molecule has 7 nitrogen and oxygen atoms in total. The minimum Gasteiger partial charge on any atom is -0.872 e. The van der Waals surface area contributed by atoms with Gasteiger partial charge in [0.1, 0.15) is 11.5 Å². The highest BCUT2D eigenvalue weighted by molar-refractivity contribution is 6.46. The van der Waals surface area contributed by atoms with Crippen molar-refractivity contribution in [3.05, 3.63) is 64.2 Å². The van der Waals surface area contributed by atoms with Crippen LogP contribution in [0.15, 0.2) is 48.0 Å². The van der Waals surface area contributed by atoms with Gasteiger partial charge in [0.15, 0.2) is 0 Å². The lowest BCUT2D eigenvalue weighted by Gasteiger charge is -2.29. The van der Waals surface area contributed by atoms with E-state index in [1.165, 1.54) is 24.0 Å². The van der Waals surface area contributed by atoms with Gasteiger partial charge in [-0.25, -0.2) is 0 Å². The van der Waals surface area contributed by atoms with Crippen LogP contribution in [0, 0.1) is 0 Å². The summed E-state index contributed by atoms with van der Waals surface area (Å²) in [6.07, 6.45) is 0.673. The standard InChI is InChI=1S/C24H27ClN2O5/c1-26(2)12-5-13-27-21(18-14-17(31-3)10-11-19(18)32-4)20(23(29)24(27)30)22(28)15-6-8-16(25)9-7-15/h6-11,14,21,28H,5,12-13H2,1-4H3. The smallest absolute Gasteiger partial charge is 0.295 e. The van der Waals surface area contributed by atoms with Gasteiger partial charge in [-0.3, -0.25) is 9.59 Å². The molecule has 1 heterocycles. The summed E-state index contributed by atoms with van der Waals surface area (Å²) in [5.41, 5.74) is 0.721. The van der Waals surface area contributed by atoms with Crippen molar-refractivity contribution in [1.82, 2.24) is 4.90 Å². The maximum Gasteiger partial charge on any atom is 0.295 e. The molecule has 1 unspecified atom stereocenters. The summed E-state index contributed by atoms with van der Waals surface area (Å²) in [6.45, 7) is 1.14. The molecule has 1 aliphatic heterocycles. The van der Waals surface area contributed by atoms with Crippen LogP contribution in [0.25, 0.3) is 5.76 Å². The molecular weight excluding hydrogens is 432 g/mol. The first kappa shape index (κ1) is 23.6. The van der Waals surface area contributed by atoms with Crippen LogP contribution in [0.5, 0.6) is 11.5 Å². The fourth-order valence-electron chi connectivity index (χ4n) is 3.84. The zero-order valence-corrected chi connectivity index (χ0v) is 19.4. The predicted octanol–water partition coefficient (Wildman–Crippen LogP) is 1.12. The van der Waals surface area contributed by atoms with E-state index in [9.17, 15) is 14.7 Å². The molecular formula is C24H27ClN2O5. The van der Waals surface area contributed by atoms with Crippen LogP contribution in [0.3, 0.4) is 0 Å². The molecule has 1 atom stereocenters. The Morgan fingerprint density at radius 2 is 1.78 bits per heavy atom. The topological polar surface area (TPSA) is 83.3 Å². The normalized spacial score (nSPS) is 17.8. The van der Waals surface area contributed by atoms with Crippen molar-refractivity contribution < 1.29 is 29.1 Å². The molecule has 2 aromatic rings. The number of halogens is 1. The van der Waals surface area contributed by atoms with E-state index in [4.69, 9.17) is 21.1 Å². The van der Waals surface area contributed by atoms with Crippen LogP contribution in [0.4, 0.5) is 0 Å². The van der Waals surface area contributed by atoms with Crippen molar-refractivity contribution >= 4 is 29.1 Å². The number of quaternary nitrogens is 1. The van der Waals surface area contributed by atoms with Crippen LogP contribution in [0.1, 0.15) is 23.6 Å². The van der Waals surface area contributed by atoms with Gasteiger partial charge in [-0.05, 0) is 35.9 Å². The number of hydrogen-bond acceptors (Lipinski definition) is 5. The second-order valence-corrected chi connectivity index (χ2v) is 8.33. The number of hydrogen-bond donors (Lipinski definition) is 1. The Labute approximate surface area is 192 Å². The van der Waals surface area contributed by atoms with Crippen molar-refractivity contribution in [3.8, 4) is 11.5 Å². The molecule has 0 radical (unpaired) electrons.